The van der Waals surface area contributed by atoms with Gasteiger partial charge in [-0.15, -0.1) is 5.10 Å². The molecule has 0 spiro atoms. The van der Waals surface area contributed by atoms with Crippen LogP contribution in [0.15, 0.2) is 0 Å². The Bertz CT molecular complexity index is 471. The van der Waals surface area contributed by atoms with Crippen LogP contribution in [0.3, 0.4) is 0 Å². The van der Waals surface area contributed by atoms with Crippen molar-refractivity contribution >= 4 is 23.4 Å². The van der Waals surface area contributed by atoms with Gasteiger partial charge in [0.05, 0.1) is 5.69 Å². The van der Waals surface area contributed by atoms with E-state index in [1.54, 1.807) is 4.90 Å². The Kier molecular flexibility index (Phi) is 6.06. The molecule has 0 unspecified atom stereocenters. The fourth-order valence-corrected chi connectivity index (χ4v) is 2.62. The zero-order valence-corrected chi connectivity index (χ0v) is 13.1. The van der Waals surface area contributed by atoms with Gasteiger partial charge in [-0.3, -0.25) is 9.59 Å². The summed E-state index contributed by atoms with van der Waals surface area (Å²) in [7, 11) is 0. The molecule has 1 N–H and O–H groups in total. The first-order chi connectivity index (χ1) is 9.34. The minimum atomic E-state index is -0.844. The largest absolute Gasteiger partial charge is 0.481 e. The van der Waals surface area contributed by atoms with Crippen LogP contribution in [0.1, 0.15) is 61.8 Å². The first-order valence-corrected chi connectivity index (χ1v) is 7.47. The van der Waals surface area contributed by atoms with Gasteiger partial charge in [0.1, 0.15) is 4.88 Å². The summed E-state index contributed by atoms with van der Waals surface area (Å²) in [6.07, 6.45) is 0.511. The smallest absolute Gasteiger partial charge is 0.303 e. The number of carbonyl (C=O) groups excluding carboxylic acids is 1. The SMILES string of the molecule is CC(C)c1nnsc1C(=O)N(CCCC(=O)O)C(C)C. The quantitative estimate of drug-likeness (QED) is 0.835. The number of carboxylic acids is 1. The molecule has 0 fully saturated rings. The predicted octanol–water partition coefficient (Wildman–Crippen LogP) is 2.38. The van der Waals surface area contributed by atoms with E-state index in [4.69, 9.17) is 5.11 Å². The highest BCUT2D eigenvalue weighted by Gasteiger charge is 2.25. The van der Waals surface area contributed by atoms with E-state index in [1.807, 2.05) is 27.7 Å². The second kappa shape index (κ2) is 7.33. The second-order valence-electron chi connectivity index (χ2n) is 5.23. The molecule has 1 amide bonds. The molecule has 0 aliphatic heterocycles. The molecule has 112 valence electrons. The molecule has 1 aromatic heterocycles. The molecule has 0 saturated carbocycles. The van der Waals surface area contributed by atoms with Crippen LogP contribution in [-0.4, -0.2) is 44.1 Å². The first kappa shape index (κ1) is 16.6. The summed E-state index contributed by atoms with van der Waals surface area (Å²) in [5.41, 5.74) is 0.712. The lowest BCUT2D eigenvalue weighted by molar-refractivity contribution is -0.137. The lowest BCUT2D eigenvalue weighted by Crippen LogP contribution is -2.38. The second-order valence-corrected chi connectivity index (χ2v) is 5.99. The van der Waals surface area contributed by atoms with Crippen LogP contribution in [0.5, 0.6) is 0 Å². The molecule has 6 nitrogen and oxygen atoms in total. The standard InChI is InChI=1S/C13H21N3O3S/c1-8(2)11-12(20-15-14-11)13(19)16(9(3)4)7-5-6-10(17)18/h8-9H,5-7H2,1-4H3,(H,17,18). The van der Waals surface area contributed by atoms with Gasteiger partial charge in [0.15, 0.2) is 0 Å². The molecule has 0 saturated heterocycles. The number of carbonyl (C=O) groups is 2. The molecule has 0 aliphatic rings. The Morgan fingerprint density at radius 2 is 1.95 bits per heavy atom. The van der Waals surface area contributed by atoms with Crippen LogP contribution in [0.25, 0.3) is 0 Å². The first-order valence-electron chi connectivity index (χ1n) is 6.69. The van der Waals surface area contributed by atoms with Gasteiger partial charge >= 0.3 is 5.97 Å². The van der Waals surface area contributed by atoms with Crippen molar-refractivity contribution < 1.29 is 14.7 Å². The molecule has 0 aromatic carbocycles. The van der Waals surface area contributed by atoms with E-state index in [0.29, 0.717) is 23.5 Å². The van der Waals surface area contributed by atoms with Gasteiger partial charge in [-0.1, -0.05) is 18.3 Å². The highest BCUT2D eigenvalue weighted by atomic mass is 32.1. The van der Waals surface area contributed by atoms with Crippen LogP contribution >= 0.6 is 11.5 Å². The third kappa shape index (κ3) is 4.26. The van der Waals surface area contributed by atoms with Gasteiger partial charge in [-0.05, 0) is 37.7 Å². The van der Waals surface area contributed by atoms with Gasteiger partial charge < -0.3 is 10.0 Å². The van der Waals surface area contributed by atoms with Crippen molar-refractivity contribution in [2.75, 3.05) is 6.54 Å². The minimum absolute atomic E-state index is 0.0124. The summed E-state index contributed by atoms with van der Waals surface area (Å²) in [5, 5.41) is 12.7. The Hall–Kier alpha value is -1.50. The van der Waals surface area contributed by atoms with Crippen LogP contribution < -0.4 is 0 Å². The van der Waals surface area contributed by atoms with Crippen LogP contribution in [0.2, 0.25) is 0 Å². The van der Waals surface area contributed by atoms with Crippen molar-refractivity contribution in [2.24, 2.45) is 0 Å². The third-order valence-electron chi connectivity index (χ3n) is 2.93. The third-order valence-corrected chi connectivity index (χ3v) is 3.66. The number of hydrogen-bond acceptors (Lipinski definition) is 5. The number of hydrogen-bond donors (Lipinski definition) is 1. The summed E-state index contributed by atoms with van der Waals surface area (Å²) >= 11 is 1.10. The lowest BCUT2D eigenvalue weighted by Gasteiger charge is -2.26. The van der Waals surface area contributed by atoms with Crippen LogP contribution in [-0.2, 0) is 4.79 Å². The zero-order valence-electron chi connectivity index (χ0n) is 12.3. The maximum Gasteiger partial charge on any atom is 0.303 e. The van der Waals surface area contributed by atoms with Crippen molar-refractivity contribution in [1.29, 1.82) is 0 Å². The number of carboxylic acid groups (broad SMARTS) is 1. The van der Waals surface area contributed by atoms with Gasteiger partial charge in [0.25, 0.3) is 5.91 Å². The molecule has 1 rings (SSSR count). The molecule has 0 atom stereocenters. The van der Waals surface area contributed by atoms with E-state index >= 15 is 0 Å². The highest BCUT2D eigenvalue weighted by molar-refractivity contribution is 7.08. The van der Waals surface area contributed by atoms with E-state index in [0.717, 1.165) is 11.5 Å². The van der Waals surface area contributed by atoms with E-state index in [9.17, 15) is 9.59 Å². The van der Waals surface area contributed by atoms with Crippen molar-refractivity contribution in [3.8, 4) is 0 Å². The van der Waals surface area contributed by atoms with E-state index < -0.39 is 5.97 Å². The molecule has 0 aliphatic carbocycles. The van der Waals surface area contributed by atoms with Gasteiger partial charge in [-0.2, -0.15) is 0 Å². The molecular weight excluding hydrogens is 278 g/mol. The lowest BCUT2D eigenvalue weighted by atomic mass is 10.1. The molecule has 0 radical (unpaired) electrons. The van der Waals surface area contributed by atoms with Crippen LogP contribution in [0, 0.1) is 0 Å². The monoisotopic (exact) mass is 299 g/mol. The molecule has 1 aromatic rings. The normalized spacial score (nSPS) is 11.1. The summed E-state index contributed by atoms with van der Waals surface area (Å²) in [5.74, 6) is -0.812. The predicted molar refractivity (Wildman–Crippen MR) is 77.0 cm³/mol. The van der Waals surface area contributed by atoms with Crippen LogP contribution in [0.4, 0.5) is 0 Å². The van der Waals surface area contributed by atoms with Crippen molar-refractivity contribution in [2.45, 2.75) is 52.5 Å². The molecule has 20 heavy (non-hydrogen) atoms. The molecular formula is C13H21N3O3S. The summed E-state index contributed by atoms with van der Waals surface area (Å²) < 4.78 is 3.86. The maximum absolute atomic E-state index is 12.6. The summed E-state index contributed by atoms with van der Waals surface area (Å²) in [6, 6.07) is 0.0124. The maximum atomic E-state index is 12.6. The van der Waals surface area contributed by atoms with E-state index in [1.165, 1.54) is 0 Å². The average Bonchev–Trinajstić information content (AvgIpc) is 2.82. The van der Waals surface area contributed by atoms with Crippen molar-refractivity contribution in [3.63, 3.8) is 0 Å². The van der Waals surface area contributed by atoms with E-state index in [-0.39, 0.29) is 24.3 Å². The summed E-state index contributed by atoms with van der Waals surface area (Å²) in [4.78, 5) is 25.4. The van der Waals surface area contributed by atoms with Crippen molar-refractivity contribution in [1.82, 2.24) is 14.5 Å². The Labute approximate surface area is 123 Å². The fraction of sp³-hybridized carbons (Fsp3) is 0.692. The molecule has 7 heteroatoms. The number of nitrogens with zero attached hydrogens (tertiary/aromatic N) is 3. The number of aromatic nitrogens is 2. The Balaban J connectivity index is 2.83. The average molecular weight is 299 g/mol. The summed E-state index contributed by atoms with van der Waals surface area (Å²) in [6.45, 7) is 8.21. The Morgan fingerprint density at radius 3 is 2.45 bits per heavy atom. The fourth-order valence-electron chi connectivity index (χ4n) is 1.85. The van der Waals surface area contributed by atoms with Gasteiger partial charge in [0.2, 0.25) is 0 Å². The van der Waals surface area contributed by atoms with Crippen molar-refractivity contribution in [3.05, 3.63) is 10.6 Å². The highest BCUT2D eigenvalue weighted by Crippen LogP contribution is 2.22. The molecule has 1 heterocycles. The zero-order chi connectivity index (χ0) is 15.3. The number of aliphatic carboxylic acids is 1. The van der Waals surface area contributed by atoms with E-state index in [2.05, 4.69) is 9.59 Å². The van der Waals surface area contributed by atoms with Gasteiger partial charge in [-0.25, -0.2) is 0 Å². The topological polar surface area (TPSA) is 83.4 Å². The van der Waals surface area contributed by atoms with Gasteiger partial charge in [0, 0.05) is 19.0 Å². The Morgan fingerprint density at radius 1 is 1.30 bits per heavy atom. The minimum Gasteiger partial charge on any atom is -0.481 e. The number of rotatable bonds is 7. The number of amides is 1. The molecule has 0 bridgehead atoms.